The Morgan fingerprint density at radius 3 is 1.34 bits per heavy atom. The van der Waals surface area contributed by atoms with Gasteiger partial charge in [0.2, 0.25) is 0 Å². The Morgan fingerprint density at radius 2 is 1.14 bits per heavy atom. The van der Waals surface area contributed by atoms with Crippen LogP contribution in [0.25, 0.3) is 0 Å². The second-order valence-electron chi connectivity index (χ2n) is 9.56. The van der Waals surface area contributed by atoms with Crippen molar-refractivity contribution >= 4 is 5.97 Å². The molecular weight excluding hydrogens is 428 g/mol. The minimum atomic E-state index is -0.312. The topological polar surface area (TPSA) is 26.3 Å². The zero-order valence-electron chi connectivity index (χ0n) is 25.4. The van der Waals surface area contributed by atoms with Gasteiger partial charge in [0.1, 0.15) is 0 Å². The minimum Gasteiger partial charge on any atom is -0.466 e. The molecule has 1 aliphatic carbocycles. The van der Waals surface area contributed by atoms with Crippen LogP contribution in [0.4, 0.5) is 0 Å². The molecule has 1 aliphatic rings. The molecule has 35 heavy (non-hydrogen) atoms. The summed E-state index contributed by atoms with van der Waals surface area (Å²) in [5.41, 5.74) is 8.03. The number of aryl methyl sites for hydroxylation is 5. The fraction of sp³-hybridized carbons (Fsp3) is 0.545. The molecule has 200 valence electrons. The minimum absolute atomic E-state index is 0.312. The molecule has 0 spiro atoms. The molecule has 1 saturated carbocycles. The van der Waals surface area contributed by atoms with E-state index in [1.54, 1.807) is 0 Å². The molecule has 0 amide bonds. The Bertz CT molecular complexity index is 757. The average molecular weight is 485 g/mol. The molecule has 1 fully saturated rings. The molecule has 2 aromatic rings. The molecular formula is C33H56O2. The van der Waals surface area contributed by atoms with E-state index in [0.717, 1.165) is 5.41 Å². The van der Waals surface area contributed by atoms with Gasteiger partial charge in [0, 0.05) is 5.57 Å². The van der Waals surface area contributed by atoms with Crippen molar-refractivity contribution in [3.63, 3.8) is 0 Å². The second-order valence-corrected chi connectivity index (χ2v) is 9.56. The number of carbonyl (C=O) groups is 1. The lowest BCUT2D eigenvalue weighted by Crippen LogP contribution is -2.01. The molecule has 0 unspecified atom stereocenters. The van der Waals surface area contributed by atoms with Gasteiger partial charge >= 0.3 is 5.97 Å². The van der Waals surface area contributed by atoms with E-state index in [1.807, 2.05) is 20.8 Å². The van der Waals surface area contributed by atoms with Crippen molar-refractivity contribution in [2.24, 2.45) is 5.41 Å². The van der Waals surface area contributed by atoms with Crippen molar-refractivity contribution in [2.45, 2.75) is 109 Å². The summed E-state index contributed by atoms with van der Waals surface area (Å²) in [6.45, 7) is 28.8. The maximum absolute atomic E-state index is 10.4. The summed E-state index contributed by atoms with van der Waals surface area (Å²) in [6, 6.07) is 15.0. The SMILES string of the molecule is C=C(CC)C(=O)OC.CC.CC1(C)CC1.CCC.Cc1ccc(C)c(C)c1.Cc1ccc(C)cc1. The monoisotopic (exact) mass is 484 g/mol. The third kappa shape index (κ3) is 24.6. The number of esters is 1. The number of methoxy groups -OCH3 is 1. The summed E-state index contributed by atoms with van der Waals surface area (Å²) in [5, 5.41) is 0. The third-order valence-corrected chi connectivity index (χ3v) is 5.03. The Hall–Kier alpha value is -2.35. The maximum Gasteiger partial charge on any atom is 0.333 e. The van der Waals surface area contributed by atoms with E-state index in [9.17, 15) is 4.79 Å². The first-order valence-electron chi connectivity index (χ1n) is 13.2. The van der Waals surface area contributed by atoms with Gasteiger partial charge in [-0.05, 0) is 70.4 Å². The van der Waals surface area contributed by atoms with Crippen molar-refractivity contribution in [3.05, 3.63) is 82.4 Å². The molecule has 3 rings (SSSR count). The van der Waals surface area contributed by atoms with Crippen LogP contribution in [0, 0.1) is 40.0 Å². The van der Waals surface area contributed by atoms with Crippen LogP contribution < -0.4 is 0 Å². The van der Waals surface area contributed by atoms with Gasteiger partial charge in [0.25, 0.3) is 0 Å². The van der Waals surface area contributed by atoms with Gasteiger partial charge in [-0.15, -0.1) is 0 Å². The first-order chi connectivity index (χ1) is 16.3. The number of hydrogen-bond donors (Lipinski definition) is 0. The highest BCUT2D eigenvalue weighted by molar-refractivity contribution is 5.87. The summed E-state index contributed by atoms with van der Waals surface area (Å²) in [6.07, 6.45) is 4.81. The van der Waals surface area contributed by atoms with E-state index >= 15 is 0 Å². The van der Waals surface area contributed by atoms with E-state index in [1.165, 1.54) is 54.2 Å². The normalized spacial score (nSPS) is 11.5. The van der Waals surface area contributed by atoms with Gasteiger partial charge in [-0.2, -0.15) is 0 Å². The van der Waals surface area contributed by atoms with Crippen LogP contribution in [0.1, 0.15) is 102 Å². The number of rotatable bonds is 2. The highest BCUT2D eigenvalue weighted by Crippen LogP contribution is 2.43. The number of carbonyl (C=O) groups excluding carboxylic acids is 1. The zero-order chi connectivity index (χ0) is 28.0. The Morgan fingerprint density at radius 1 is 0.800 bits per heavy atom. The largest absolute Gasteiger partial charge is 0.466 e. The standard InChI is InChI=1S/C9H12.C8H10.C6H10O2.C5H10.C3H8.C2H6/c1-7-4-5-8(2)9(3)6-7;1-7-3-5-8(2)6-4-7;1-4-5(2)6(7)8-3;1-5(2)3-4-5;1-3-2;1-2/h4-6H,1-3H3;3-6H,1-2H3;2,4H2,1,3H3;3-4H2,1-2H3;3H2,1-2H3;1-2H3. The molecule has 0 N–H and O–H groups in total. The lowest BCUT2D eigenvalue weighted by atomic mass is 10.1. The van der Waals surface area contributed by atoms with Gasteiger partial charge in [-0.1, -0.05) is 121 Å². The van der Waals surface area contributed by atoms with Crippen molar-refractivity contribution in [2.75, 3.05) is 7.11 Å². The first-order valence-corrected chi connectivity index (χ1v) is 13.2. The summed E-state index contributed by atoms with van der Waals surface area (Å²) in [7, 11) is 1.35. The summed E-state index contributed by atoms with van der Waals surface area (Å²) < 4.78 is 4.36. The van der Waals surface area contributed by atoms with Crippen molar-refractivity contribution in [3.8, 4) is 0 Å². The number of benzene rings is 2. The molecule has 0 radical (unpaired) electrons. The lowest BCUT2D eigenvalue weighted by molar-refractivity contribution is -0.136. The van der Waals surface area contributed by atoms with Gasteiger partial charge in [0.15, 0.2) is 0 Å². The molecule has 0 atom stereocenters. The predicted octanol–water partition coefficient (Wildman–Crippen LogP) is 10.3. The van der Waals surface area contributed by atoms with Crippen LogP contribution in [0.3, 0.4) is 0 Å². The second kappa shape index (κ2) is 22.1. The first kappa shape index (κ1) is 37.2. The Labute approximate surface area is 219 Å². The number of hydrogen-bond acceptors (Lipinski definition) is 2. The van der Waals surface area contributed by atoms with Crippen LogP contribution in [-0.4, -0.2) is 13.1 Å². The molecule has 0 aromatic heterocycles. The zero-order valence-corrected chi connectivity index (χ0v) is 25.4. The van der Waals surface area contributed by atoms with Gasteiger partial charge in [0.05, 0.1) is 7.11 Å². The van der Waals surface area contributed by atoms with Crippen molar-refractivity contribution < 1.29 is 9.53 Å². The molecule has 0 aliphatic heterocycles. The molecule has 2 heteroatoms. The van der Waals surface area contributed by atoms with Gasteiger partial charge < -0.3 is 4.74 Å². The highest BCUT2D eigenvalue weighted by Gasteiger charge is 2.30. The molecule has 2 aromatic carbocycles. The Balaban J connectivity index is -0.000000372. The van der Waals surface area contributed by atoms with E-state index in [4.69, 9.17) is 0 Å². The van der Waals surface area contributed by atoms with Crippen LogP contribution in [-0.2, 0) is 9.53 Å². The van der Waals surface area contributed by atoms with Crippen LogP contribution in [0.15, 0.2) is 54.6 Å². The van der Waals surface area contributed by atoms with E-state index in [-0.39, 0.29) is 5.97 Å². The third-order valence-electron chi connectivity index (χ3n) is 5.03. The molecule has 0 saturated heterocycles. The molecule has 0 heterocycles. The predicted molar refractivity (Wildman–Crippen MR) is 158 cm³/mol. The van der Waals surface area contributed by atoms with Crippen LogP contribution in [0.5, 0.6) is 0 Å². The fourth-order valence-electron chi connectivity index (χ4n) is 2.07. The summed E-state index contributed by atoms with van der Waals surface area (Å²) >= 11 is 0. The van der Waals surface area contributed by atoms with Crippen molar-refractivity contribution in [1.29, 1.82) is 0 Å². The lowest BCUT2D eigenvalue weighted by Gasteiger charge is -1.98. The smallest absolute Gasteiger partial charge is 0.333 e. The van der Waals surface area contributed by atoms with Crippen LogP contribution in [0.2, 0.25) is 0 Å². The van der Waals surface area contributed by atoms with Gasteiger partial charge in [-0.25, -0.2) is 4.79 Å². The summed E-state index contributed by atoms with van der Waals surface area (Å²) in [4.78, 5) is 10.4. The Kier molecular flexibility index (Phi) is 23.5. The molecule has 0 bridgehead atoms. The molecule has 2 nitrogen and oxygen atoms in total. The summed E-state index contributed by atoms with van der Waals surface area (Å²) in [5.74, 6) is -0.312. The fourth-order valence-corrected chi connectivity index (χ4v) is 2.07. The average Bonchev–Trinajstić information content (AvgIpc) is 3.54. The maximum atomic E-state index is 10.4. The van der Waals surface area contributed by atoms with Gasteiger partial charge in [-0.3, -0.25) is 0 Å². The van der Waals surface area contributed by atoms with E-state index in [0.29, 0.717) is 12.0 Å². The van der Waals surface area contributed by atoms with Crippen LogP contribution >= 0.6 is 0 Å². The highest BCUT2D eigenvalue weighted by atomic mass is 16.5. The van der Waals surface area contributed by atoms with E-state index in [2.05, 4.69) is 116 Å². The van der Waals surface area contributed by atoms with Crippen molar-refractivity contribution in [1.82, 2.24) is 0 Å². The number of ether oxygens (including phenoxy) is 1. The quantitative estimate of drug-likeness (QED) is 0.313. The van der Waals surface area contributed by atoms with E-state index < -0.39 is 0 Å².